The van der Waals surface area contributed by atoms with Crippen molar-refractivity contribution >= 4 is 78.1 Å². The minimum Gasteiger partial charge on any atom is -0.452 e. The van der Waals surface area contributed by atoms with E-state index in [0.29, 0.717) is 46.3 Å². The maximum Gasteiger partial charge on any atom is 0.338 e. The first-order chi connectivity index (χ1) is 38.4. The van der Waals surface area contributed by atoms with Crippen molar-refractivity contribution in [1.82, 2.24) is 19.8 Å². The molecule has 6 aliphatic rings. The van der Waals surface area contributed by atoms with E-state index in [9.17, 15) is 24.3 Å². The topological polar surface area (TPSA) is 148 Å². The smallest absolute Gasteiger partial charge is 0.338 e. The number of hydrogen-bond acceptors (Lipinski definition) is 12. The number of aliphatic hydroxyl groups is 1. The zero-order chi connectivity index (χ0) is 55.2. The van der Waals surface area contributed by atoms with Crippen molar-refractivity contribution in [3.05, 3.63) is 219 Å². The highest BCUT2D eigenvalue weighted by Crippen LogP contribution is 2.45. The Balaban J connectivity index is 0.000000148. The molecule has 400 valence electrons. The van der Waals surface area contributed by atoms with Crippen LogP contribution in [0.15, 0.2) is 196 Å². The molecule has 0 spiro atoms. The van der Waals surface area contributed by atoms with Gasteiger partial charge in [-0.3, -0.25) is 24.6 Å². The van der Waals surface area contributed by atoms with E-state index < -0.39 is 29.4 Å². The van der Waals surface area contributed by atoms with Gasteiger partial charge in [0.05, 0.1) is 28.7 Å². The molecule has 79 heavy (non-hydrogen) atoms. The number of benzene rings is 6. The van der Waals surface area contributed by atoms with E-state index in [4.69, 9.17) is 25.8 Å². The number of esters is 3. The molecule has 2 aromatic heterocycles. The Labute approximate surface area is 464 Å². The number of ether oxygens (including phenoxy) is 3. The molecule has 0 amide bonds. The van der Waals surface area contributed by atoms with Crippen LogP contribution in [0.4, 0.5) is 0 Å². The molecular formula is C66H61ClN4O8. The van der Waals surface area contributed by atoms with Gasteiger partial charge in [0.25, 0.3) is 5.24 Å². The lowest BCUT2D eigenvalue weighted by Crippen LogP contribution is -2.55. The van der Waals surface area contributed by atoms with Crippen LogP contribution in [0.25, 0.3) is 43.4 Å². The van der Waals surface area contributed by atoms with Gasteiger partial charge >= 0.3 is 17.9 Å². The van der Waals surface area contributed by atoms with Gasteiger partial charge in [-0.2, -0.15) is 0 Å². The number of fused-ring (bicyclic) bond motifs is 10. The molecule has 8 heterocycles. The minimum atomic E-state index is -0.518. The first-order valence-electron chi connectivity index (χ1n) is 26.7. The van der Waals surface area contributed by atoms with Crippen LogP contribution in [0.2, 0.25) is 0 Å². The molecule has 0 radical (unpaired) electrons. The molecule has 10 atom stereocenters. The molecule has 14 rings (SSSR count). The molecule has 4 bridgehead atoms. The summed E-state index contributed by atoms with van der Waals surface area (Å²) in [5.41, 5.74) is 4.74. The van der Waals surface area contributed by atoms with E-state index in [1.807, 2.05) is 79.0 Å². The van der Waals surface area contributed by atoms with Gasteiger partial charge in [0, 0.05) is 65.6 Å². The number of pyridine rings is 2. The first-order valence-corrected chi connectivity index (χ1v) is 27.0. The van der Waals surface area contributed by atoms with Crippen LogP contribution >= 0.6 is 11.6 Å². The van der Waals surface area contributed by atoms with Crippen molar-refractivity contribution in [3.8, 4) is 11.5 Å². The molecule has 6 aromatic carbocycles. The number of aromatic nitrogens is 2. The van der Waals surface area contributed by atoms with Crippen LogP contribution in [0, 0.1) is 23.7 Å². The van der Waals surface area contributed by atoms with Crippen molar-refractivity contribution in [2.75, 3.05) is 26.2 Å². The Hall–Kier alpha value is -8.13. The first kappa shape index (κ1) is 54.2. The fourth-order valence-electron chi connectivity index (χ4n) is 12.0. The van der Waals surface area contributed by atoms with E-state index in [0.717, 1.165) is 112 Å². The second kappa shape index (κ2) is 24.3. The Bertz CT molecular complexity index is 3650. The molecule has 0 aliphatic carbocycles. The van der Waals surface area contributed by atoms with Crippen LogP contribution in [0.1, 0.15) is 69.7 Å². The second-order valence-corrected chi connectivity index (χ2v) is 20.9. The van der Waals surface area contributed by atoms with Crippen molar-refractivity contribution in [2.24, 2.45) is 23.7 Å². The Morgan fingerprint density at radius 2 is 1.05 bits per heavy atom. The summed E-state index contributed by atoms with van der Waals surface area (Å²) < 4.78 is 16.6. The molecule has 6 aliphatic heterocycles. The number of carbonyl (C=O) groups excluding carboxylic acids is 4. The van der Waals surface area contributed by atoms with E-state index in [2.05, 4.69) is 64.3 Å². The maximum atomic E-state index is 13.7. The summed E-state index contributed by atoms with van der Waals surface area (Å²) in [6.07, 6.45) is 13.5. The molecule has 8 aromatic rings. The van der Waals surface area contributed by atoms with Gasteiger partial charge in [-0.15, -0.1) is 13.2 Å². The standard InChI is InChI=1S/C33H30N2O4.C19H22N2O.C14H9ClO3/c1-3-21-20-35-16-14-24(21)19-30(35)32(28-13-15-34-29-8-6-5-7-27(28)29)39-33(37)25-10-9-23-18-26(38-31(36)4-2)12-11-22(23)17-25;1-2-13-12-21-10-8-14(13)11-18(21)19(22)16-7-9-20-17-6-4-3-5-15(16)17;1-2-13(16)18-12-6-5-9-7-11(14(15)17)4-3-10(9)8-12/h3-13,15,17-18,21,24,30,32H,1-2,14,16,19-20H2;2-7,9,13-14,18-19,22H,1,8,10-12H2;2-8H,1H2/t21-,24?,30-,32-;13-,14?,18-,19-;/m00./s1. The largest absolute Gasteiger partial charge is 0.452 e. The van der Waals surface area contributed by atoms with E-state index >= 15 is 0 Å². The number of piperidine rings is 6. The molecule has 0 saturated carbocycles. The third-order valence-electron chi connectivity index (χ3n) is 16.1. The van der Waals surface area contributed by atoms with E-state index in [1.165, 1.54) is 6.42 Å². The lowest BCUT2D eigenvalue weighted by atomic mass is 9.73. The van der Waals surface area contributed by atoms with Gasteiger partial charge in [0.2, 0.25) is 0 Å². The van der Waals surface area contributed by atoms with Crippen LogP contribution < -0.4 is 9.47 Å². The minimum absolute atomic E-state index is 0.0808. The van der Waals surface area contributed by atoms with Crippen molar-refractivity contribution in [1.29, 1.82) is 0 Å². The Kier molecular flexibility index (Phi) is 16.7. The Morgan fingerprint density at radius 3 is 1.56 bits per heavy atom. The number of nitrogens with zero attached hydrogens (tertiary/aromatic N) is 4. The molecule has 12 nitrogen and oxygen atoms in total. The summed E-state index contributed by atoms with van der Waals surface area (Å²) in [5.74, 6) is 1.73. The van der Waals surface area contributed by atoms with Gasteiger partial charge in [0.1, 0.15) is 17.6 Å². The second-order valence-electron chi connectivity index (χ2n) is 20.6. The molecule has 1 N–H and O–H groups in total. The van der Waals surface area contributed by atoms with E-state index in [-0.39, 0.29) is 18.1 Å². The fourth-order valence-corrected chi connectivity index (χ4v) is 12.1. The number of carbonyl (C=O) groups is 4. The van der Waals surface area contributed by atoms with Crippen molar-refractivity contribution in [3.63, 3.8) is 0 Å². The monoisotopic (exact) mass is 1070 g/mol. The Morgan fingerprint density at radius 1 is 0.582 bits per heavy atom. The highest BCUT2D eigenvalue weighted by molar-refractivity contribution is 6.67. The fraction of sp³-hybridized carbons (Fsp3) is 0.242. The average Bonchev–Trinajstić information content (AvgIpc) is 3.52. The van der Waals surface area contributed by atoms with Gasteiger partial charge in [-0.05, 0) is 174 Å². The molecule has 6 fully saturated rings. The summed E-state index contributed by atoms with van der Waals surface area (Å²) in [6.45, 7) is 18.9. The zero-order valence-corrected chi connectivity index (χ0v) is 44.5. The van der Waals surface area contributed by atoms with Gasteiger partial charge in [-0.1, -0.05) is 86.0 Å². The predicted molar refractivity (Wildman–Crippen MR) is 310 cm³/mol. The van der Waals surface area contributed by atoms with Crippen molar-refractivity contribution in [2.45, 2.75) is 50.0 Å². The molecule has 6 saturated heterocycles. The van der Waals surface area contributed by atoms with Gasteiger partial charge in [-0.25, -0.2) is 14.4 Å². The molecule has 4 unspecified atom stereocenters. The zero-order valence-electron chi connectivity index (χ0n) is 43.7. The average molecular weight is 1070 g/mol. The summed E-state index contributed by atoms with van der Waals surface area (Å²) in [7, 11) is 0. The third kappa shape index (κ3) is 12.0. The highest BCUT2D eigenvalue weighted by atomic mass is 35.5. The summed E-state index contributed by atoms with van der Waals surface area (Å²) in [5, 5.41) is 16.0. The van der Waals surface area contributed by atoms with Crippen LogP contribution in [-0.2, 0) is 14.3 Å². The van der Waals surface area contributed by atoms with E-state index in [1.54, 1.807) is 60.8 Å². The van der Waals surface area contributed by atoms with Gasteiger partial charge < -0.3 is 19.3 Å². The number of para-hydroxylation sites is 2. The lowest BCUT2D eigenvalue weighted by Gasteiger charge is -2.51. The lowest BCUT2D eigenvalue weighted by molar-refractivity contribution is -0.129. The maximum absolute atomic E-state index is 13.7. The predicted octanol–water partition coefficient (Wildman–Crippen LogP) is 12.7. The normalized spacial score (nSPS) is 22.5. The summed E-state index contributed by atoms with van der Waals surface area (Å²) >= 11 is 5.40. The van der Waals surface area contributed by atoms with Crippen LogP contribution in [0.3, 0.4) is 0 Å². The van der Waals surface area contributed by atoms with Gasteiger partial charge in [0.15, 0.2) is 0 Å². The highest BCUT2D eigenvalue weighted by Gasteiger charge is 2.45. The SMILES string of the molecule is C=CC(=O)Oc1ccc2cc(C(=O)Cl)ccc2c1.C=CC(=O)Oc1ccc2cc(C(=O)O[C@@H](c3ccnc4ccccc34)[C@@H]3CC4CCN3C[C@@H]4C=C)ccc2c1.C=C[C@H]1CN2CCC1C[C@H]2[C@@H](O)c1ccnc2ccccc12. The molecule has 13 heteroatoms. The molecular weight excluding hydrogens is 1010 g/mol. The number of rotatable bonds is 13. The summed E-state index contributed by atoms with van der Waals surface area (Å²) in [4.78, 5) is 61.2. The number of aliphatic hydroxyl groups excluding tert-OH is 1. The summed E-state index contributed by atoms with van der Waals surface area (Å²) in [6, 6.07) is 41.2. The third-order valence-corrected chi connectivity index (χ3v) is 16.3. The quantitative estimate of drug-likeness (QED) is 0.0385. The number of hydrogen-bond donors (Lipinski definition) is 1. The number of halogens is 1. The van der Waals surface area contributed by atoms with Crippen LogP contribution in [-0.4, -0.2) is 86.3 Å². The van der Waals surface area contributed by atoms with Crippen LogP contribution in [0.5, 0.6) is 11.5 Å². The van der Waals surface area contributed by atoms with Crippen molar-refractivity contribution < 1.29 is 38.5 Å².